The van der Waals surface area contributed by atoms with Crippen molar-refractivity contribution in [3.8, 4) is 5.88 Å². The molecule has 2 rings (SSSR count). The third-order valence-electron chi connectivity index (χ3n) is 1.92. The number of para-hydroxylation sites is 1. The van der Waals surface area contributed by atoms with Gasteiger partial charge in [-0.2, -0.15) is 0 Å². The van der Waals surface area contributed by atoms with E-state index < -0.39 is 0 Å². The van der Waals surface area contributed by atoms with Crippen LogP contribution in [0.4, 0.5) is 5.69 Å². The van der Waals surface area contributed by atoms with Gasteiger partial charge in [-0.05, 0) is 6.07 Å². The SMILES string of the molecule is Nc1c(O)n(N)c2ccccc12. The molecule has 0 aliphatic rings. The average Bonchev–Trinajstić information content (AvgIpc) is 2.33. The molecule has 1 heterocycles. The molecule has 0 saturated carbocycles. The minimum atomic E-state index is -0.0869. The Kier molecular flexibility index (Phi) is 1.18. The molecular formula is C8H9N3O. The molecule has 0 bridgehead atoms. The van der Waals surface area contributed by atoms with Crippen molar-refractivity contribution in [3.63, 3.8) is 0 Å². The van der Waals surface area contributed by atoms with Crippen molar-refractivity contribution in [2.45, 2.75) is 0 Å². The second-order valence-electron chi connectivity index (χ2n) is 2.62. The van der Waals surface area contributed by atoms with E-state index in [1.807, 2.05) is 18.2 Å². The monoisotopic (exact) mass is 163 g/mol. The number of nitrogens with two attached hydrogens (primary N) is 2. The van der Waals surface area contributed by atoms with E-state index in [2.05, 4.69) is 0 Å². The molecule has 0 unspecified atom stereocenters. The fourth-order valence-electron chi connectivity index (χ4n) is 1.28. The maximum absolute atomic E-state index is 9.34. The van der Waals surface area contributed by atoms with Crippen LogP contribution in [0.15, 0.2) is 24.3 Å². The van der Waals surface area contributed by atoms with Crippen LogP contribution in [0.1, 0.15) is 0 Å². The first kappa shape index (κ1) is 6.84. The van der Waals surface area contributed by atoms with Gasteiger partial charge in [0.05, 0.1) is 5.52 Å². The molecule has 1 aromatic heterocycles. The summed E-state index contributed by atoms with van der Waals surface area (Å²) in [7, 11) is 0. The standard InChI is InChI=1S/C8H9N3O/c9-7-5-3-1-2-4-6(5)11(10)8(7)12/h1-4,12H,9-10H2. The van der Waals surface area contributed by atoms with Crippen LogP contribution in [0.25, 0.3) is 10.9 Å². The summed E-state index contributed by atoms with van der Waals surface area (Å²) in [5.41, 5.74) is 6.64. The van der Waals surface area contributed by atoms with Crippen molar-refractivity contribution in [2.24, 2.45) is 0 Å². The van der Waals surface area contributed by atoms with Crippen molar-refractivity contribution < 1.29 is 5.11 Å². The first-order chi connectivity index (χ1) is 5.72. The maximum atomic E-state index is 9.34. The van der Waals surface area contributed by atoms with Gasteiger partial charge in [0.2, 0.25) is 5.88 Å². The molecule has 0 saturated heterocycles. The minimum Gasteiger partial charge on any atom is -0.492 e. The van der Waals surface area contributed by atoms with Crippen LogP contribution >= 0.6 is 0 Å². The molecule has 0 spiro atoms. The first-order valence-corrected chi connectivity index (χ1v) is 3.55. The highest BCUT2D eigenvalue weighted by Crippen LogP contribution is 2.30. The zero-order chi connectivity index (χ0) is 8.72. The molecule has 12 heavy (non-hydrogen) atoms. The van der Waals surface area contributed by atoms with Gasteiger partial charge in [0, 0.05) is 5.39 Å². The highest BCUT2D eigenvalue weighted by Gasteiger charge is 2.10. The predicted octanol–water partition coefficient (Wildman–Crippen LogP) is 0.643. The Morgan fingerprint density at radius 1 is 1.25 bits per heavy atom. The number of fused-ring (bicyclic) bond motifs is 1. The number of hydrogen-bond donors (Lipinski definition) is 3. The molecular weight excluding hydrogens is 154 g/mol. The number of aromatic nitrogens is 1. The molecule has 1 aromatic carbocycles. The van der Waals surface area contributed by atoms with E-state index in [9.17, 15) is 5.11 Å². The lowest BCUT2D eigenvalue weighted by atomic mass is 10.2. The van der Waals surface area contributed by atoms with Gasteiger partial charge in [-0.25, -0.2) is 4.68 Å². The predicted molar refractivity (Wildman–Crippen MR) is 48.2 cm³/mol. The van der Waals surface area contributed by atoms with E-state index in [1.165, 1.54) is 4.68 Å². The van der Waals surface area contributed by atoms with E-state index in [-0.39, 0.29) is 5.88 Å². The van der Waals surface area contributed by atoms with E-state index in [4.69, 9.17) is 11.6 Å². The Morgan fingerprint density at radius 2 is 1.92 bits per heavy atom. The molecule has 0 radical (unpaired) electrons. The van der Waals surface area contributed by atoms with Crippen LogP contribution in [-0.4, -0.2) is 9.78 Å². The molecule has 4 nitrogen and oxygen atoms in total. The summed E-state index contributed by atoms with van der Waals surface area (Å²) in [6, 6.07) is 7.29. The quantitative estimate of drug-likeness (QED) is 0.499. The lowest BCUT2D eigenvalue weighted by molar-refractivity contribution is 0.443. The average molecular weight is 163 g/mol. The highest BCUT2D eigenvalue weighted by molar-refractivity contribution is 5.95. The fraction of sp³-hybridized carbons (Fsp3) is 0. The van der Waals surface area contributed by atoms with Crippen LogP contribution < -0.4 is 11.6 Å². The van der Waals surface area contributed by atoms with Crippen LogP contribution in [0.2, 0.25) is 0 Å². The van der Waals surface area contributed by atoms with Crippen LogP contribution in [0.3, 0.4) is 0 Å². The summed E-state index contributed by atoms with van der Waals surface area (Å²) in [4.78, 5) is 0. The van der Waals surface area contributed by atoms with Gasteiger partial charge in [0.15, 0.2) is 0 Å². The number of anilines is 1. The van der Waals surface area contributed by atoms with Gasteiger partial charge in [-0.3, -0.25) is 0 Å². The molecule has 0 aliphatic heterocycles. The molecule has 0 amide bonds. The second kappa shape index (κ2) is 2.07. The zero-order valence-corrected chi connectivity index (χ0v) is 6.36. The smallest absolute Gasteiger partial charge is 0.234 e. The van der Waals surface area contributed by atoms with Crippen molar-refractivity contribution in [3.05, 3.63) is 24.3 Å². The van der Waals surface area contributed by atoms with Crippen molar-refractivity contribution >= 4 is 16.6 Å². The summed E-state index contributed by atoms with van der Waals surface area (Å²) >= 11 is 0. The lowest BCUT2D eigenvalue weighted by Crippen LogP contribution is -2.06. The van der Waals surface area contributed by atoms with Crippen LogP contribution in [0, 0.1) is 0 Å². The summed E-state index contributed by atoms with van der Waals surface area (Å²) < 4.78 is 1.17. The van der Waals surface area contributed by atoms with Crippen molar-refractivity contribution in [1.29, 1.82) is 0 Å². The molecule has 5 N–H and O–H groups in total. The van der Waals surface area contributed by atoms with E-state index in [1.54, 1.807) is 6.07 Å². The minimum absolute atomic E-state index is 0.0869. The van der Waals surface area contributed by atoms with Gasteiger partial charge in [0.1, 0.15) is 5.69 Å². The summed E-state index contributed by atoms with van der Waals surface area (Å²) in [5, 5.41) is 10.1. The Hall–Kier alpha value is -1.84. The Bertz CT molecular complexity index is 394. The normalized spacial score (nSPS) is 10.7. The van der Waals surface area contributed by atoms with E-state index in [0.29, 0.717) is 5.69 Å². The van der Waals surface area contributed by atoms with Gasteiger partial charge >= 0.3 is 0 Å². The highest BCUT2D eigenvalue weighted by atomic mass is 16.3. The summed E-state index contributed by atoms with van der Waals surface area (Å²) in [5.74, 6) is 5.44. The summed E-state index contributed by atoms with van der Waals surface area (Å²) in [6.45, 7) is 0. The maximum Gasteiger partial charge on any atom is 0.234 e. The molecule has 2 aromatic rings. The number of nitrogens with zero attached hydrogens (tertiary/aromatic N) is 1. The van der Waals surface area contributed by atoms with Crippen molar-refractivity contribution in [1.82, 2.24) is 4.68 Å². The number of nitrogen functional groups attached to an aromatic ring is 2. The molecule has 0 fully saturated rings. The lowest BCUT2D eigenvalue weighted by Gasteiger charge is -1.95. The van der Waals surface area contributed by atoms with E-state index >= 15 is 0 Å². The Labute approximate surface area is 69.0 Å². The largest absolute Gasteiger partial charge is 0.492 e. The Balaban J connectivity index is 2.99. The fourth-order valence-corrected chi connectivity index (χ4v) is 1.28. The molecule has 4 heteroatoms. The number of aromatic hydroxyl groups is 1. The van der Waals surface area contributed by atoms with Gasteiger partial charge in [0.25, 0.3) is 0 Å². The van der Waals surface area contributed by atoms with Crippen LogP contribution in [-0.2, 0) is 0 Å². The third kappa shape index (κ3) is 0.661. The van der Waals surface area contributed by atoms with Crippen LogP contribution in [0.5, 0.6) is 5.88 Å². The summed E-state index contributed by atoms with van der Waals surface area (Å²) in [6.07, 6.45) is 0. The number of hydrogen-bond acceptors (Lipinski definition) is 3. The van der Waals surface area contributed by atoms with Gasteiger partial charge in [-0.15, -0.1) is 0 Å². The molecule has 0 aliphatic carbocycles. The zero-order valence-electron chi connectivity index (χ0n) is 6.36. The third-order valence-corrected chi connectivity index (χ3v) is 1.92. The first-order valence-electron chi connectivity index (χ1n) is 3.55. The topological polar surface area (TPSA) is 77.2 Å². The number of rotatable bonds is 0. The van der Waals surface area contributed by atoms with Crippen molar-refractivity contribution in [2.75, 3.05) is 11.6 Å². The second-order valence-corrected chi connectivity index (χ2v) is 2.62. The number of benzene rings is 1. The van der Waals surface area contributed by atoms with Gasteiger partial charge in [-0.1, -0.05) is 18.2 Å². The molecule has 62 valence electrons. The Morgan fingerprint density at radius 3 is 2.58 bits per heavy atom. The van der Waals surface area contributed by atoms with Gasteiger partial charge < -0.3 is 16.7 Å². The molecule has 0 atom stereocenters. The van der Waals surface area contributed by atoms with E-state index in [0.717, 1.165) is 10.9 Å².